The Hall–Kier alpha value is -3.09. The smallest absolute Gasteiger partial charge is 0.254 e. The summed E-state index contributed by atoms with van der Waals surface area (Å²) in [6.07, 6.45) is 1.81. The molecule has 0 atom stereocenters. The highest BCUT2D eigenvalue weighted by Crippen LogP contribution is 2.25. The second kappa shape index (κ2) is 10.7. The highest BCUT2D eigenvalue weighted by molar-refractivity contribution is 5.98. The van der Waals surface area contributed by atoms with Crippen LogP contribution in [0.3, 0.4) is 0 Å². The van der Waals surface area contributed by atoms with Crippen LogP contribution in [-0.4, -0.2) is 70.9 Å². The van der Waals surface area contributed by atoms with Crippen molar-refractivity contribution >= 4 is 23.3 Å². The average Bonchev–Trinajstić information content (AvgIpc) is 2.78. The summed E-state index contributed by atoms with van der Waals surface area (Å²) in [5.74, 6) is 0.926. The van der Waals surface area contributed by atoms with Crippen LogP contribution in [0, 0.1) is 0 Å². The van der Waals surface area contributed by atoms with E-state index in [1.807, 2.05) is 49.6 Å². The van der Waals surface area contributed by atoms with Gasteiger partial charge in [0.05, 0.1) is 5.69 Å². The van der Waals surface area contributed by atoms with Gasteiger partial charge in [-0.2, -0.15) is 0 Å². The second-order valence-electron chi connectivity index (χ2n) is 9.43. The van der Waals surface area contributed by atoms with Crippen LogP contribution in [0.4, 0.5) is 11.5 Å². The molecule has 1 saturated heterocycles. The van der Waals surface area contributed by atoms with Crippen molar-refractivity contribution in [1.29, 1.82) is 0 Å². The molecular weight excluding hydrogens is 414 g/mol. The molecule has 33 heavy (non-hydrogen) atoms. The number of anilines is 2. The van der Waals surface area contributed by atoms with E-state index >= 15 is 0 Å². The molecule has 0 aliphatic carbocycles. The molecule has 2 aromatic rings. The van der Waals surface area contributed by atoms with Crippen molar-refractivity contribution in [3.8, 4) is 0 Å². The van der Waals surface area contributed by atoms with Crippen molar-refractivity contribution in [2.75, 3.05) is 36.4 Å². The number of hydrogen-bond donors (Lipinski definition) is 1. The Balaban J connectivity index is 1.64. The molecule has 1 aliphatic heterocycles. The predicted molar refractivity (Wildman–Crippen MR) is 134 cm³/mol. The fourth-order valence-electron chi connectivity index (χ4n) is 4.35. The van der Waals surface area contributed by atoms with E-state index in [2.05, 4.69) is 29.0 Å². The summed E-state index contributed by atoms with van der Waals surface area (Å²) < 4.78 is 0. The molecule has 7 heteroatoms. The van der Waals surface area contributed by atoms with E-state index in [1.54, 1.807) is 30.5 Å². The first-order chi connectivity index (χ1) is 15.7. The van der Waals surface area contributed by atoms with E-state index in [1.165, 1.54) is 0 Å². The van der Waals surface area contributed by atoms with Crippen LogP contribution in [0.2, 0.25) is 0 Å². The molecule has 178 valence electrons. The number of carbonyl (C=O) groups is 2. The number of hydrogen-bond acceptors (Lipinski definition) is 5. The molecule has 1 aromatic carbocycles. The fraction of sp³-hybridized carbons (Fsp3) is 0.500. The molecule has 3 rings (SSSR count). The maximum absolute atomic E-state index is 13.1. The summed E-state index contributed by atoms with van der Waals surface area (Å²) in [6.45, 7) is 15.0. The van der Waals surface area contributed by atoms with E-state index < -0.39 is 0 Å². The lowest BCUT2D eigenvalue weighted by atomic mass is 10.1. The number of nitrogens with one attached hydrogen (secondary N) is 1. The van der Waals surface area contributed by atoms with Gasteiger partial charge in [-0.25, -0.2) is 4.98 Å². The maximum atomic E-state index is 13.1. The topological polar surface area (TPSA) is 68.8 Å². The van der Waals surface area contributed by atoms with Gasteiger partial charge in [-0.1, -0.05) is 0 Å². The van der Waals surface area contributed by atoms with Crippen LogP contribution < -0.4 is 10.2 Å². The standard InChI is InChI=1S/C26H37N5O2/c1-18(2)28-23-8-7-13-27-24(23)29-14-16-30(17-15-29)25(32)21-9-11-22(12-10-21)26(33)31(19(3)4)20(5)6/h7-13,18-20,28H,14-17H2,1-6H3. The van der Waals surface area contributed by atoms with E-state index in [0.717, 1.165) is 24.6 Å². The minimum atomic E-state index is -0.00575. The molecule has 0 unspecified atom stereocenters. The predicted octanol–water partition coefficient (Wildman–Crippen LogP) is 4.12. The lowest BCUT2D eigenvalue weighted by Gasteiger charge is -2.36. The molecule has 2 amide bonds. The highest BCUT2D eigenvalue weighted by atomic mass is 16.2. The van der Waals surface area contributed by atoms with E-state index in [4.69, 9.17) is 0 Å². The first-order valence-electron chi connectivity index (χ1n) is 11.9. The highest BCUT2D eigenvalue weighted by Gasteiger charge is 2.25. The minimum absolute atomic E-state index is 0.000209. The lowest BCUT2D eigenvalue weighted by molar-refractivity contribution is 0.0642. The van der Waals surface area contributed by atoms with Crippen molar-refractivity contribution in [2.24, 2.45) is 0 Å². The number of nitrogens with zero attached hydrogens (tertiary/aromatic N) is 4. The van der Waals surface area contributed by atoms with E-state index in [-0.39, 0.29) is 23.9 Å². The molecule has 7 nitrogen and oxygen atoms in total. The largest absolute Gasteiger partial charge is 0.380 e. The summed E-state index contributed by atoms with van der Waals surface area (Å²) in [6, 6.07) is 11.6. The number of aromatic nitrogens is 1. The van der Waals surface area contributed by atoms with Gasteiger partial charge in [0.25, 0.3) is 11.8 Å². The van der Waals surface area contributed by atoms with Gasteiger partial charge in [0.1, 0.15) is 0 Å². The molecular formula is C26H37N5O2. The van der Waals surface area contributed by atoms with Crippen LogP contribution >= 0.6 is 0 Å². The Morgan fingerprint density at radius 3 is 2.00 bits per heavy atom. The second-order valence-corrected chi connectivity index (χ2v) is 9.43. The monoisotopic (exact) mass is 451 g/mol. The Kier molecular flexibility index (Phi) is 7.95. The zero-order valence-corrected chi connectivity index (χ0v) is 20.7. The van der Waals surface area contributed by atoms with Crippen LogP contribution in [-0.2, 0) is 0 Å². The molecule has 0 saturated carbocycles. The molecule has 1 fully saturated rings. The average molecular weight is 452 g/mol. The maximum Gasteiger partial charge on any atom is 0.254 e. The van der Waals surface area contributed by atoms with Gasteiger partial charge in [0.2, 0.25) is 0 Å². The van der Waals surface area contributed by atoms with Crippen molar-refractivity contribution < 1.29 is 9.59 Å². The minimum Gasteiger partial charge on any atom is -0.380 e. The molecule has 0 radical (unpaired) electrons. The Morgan fingerprint density at radius 1 is 0.879 bits per heavy atom. The zero-order chi connectivity index (χ0) is 24.1. The molecule has 0 bridgehead atoms. The summed E-state index contributed by atoms with van der Waals surface area (Å²) >= 11 is 0. The molecule has 1 N–H and O–H groups in total. The third-order valence-electron chi connectivity index (χ3n) is 5.82. The van der Waals surface area contributed by atoms with Crippen molar-refractivity contribution in [1.82, 2.24) is 14.8 Å². The van der Waals surface area contributed by atoms with Gasteiger partial charge in [-0.3, -0.25) is 9.59 Å². The van der Waals surface area contributed by atoms with Crippen molar-refractivity contribution in [3.05, 3.63) is 53.7 Å². The van der Waals surface area contributed by atoms with Crippen LogP contribution in [0.25, 0.3) is 0 Å². The number of benzene rings is 1. The summed E-state index contributed by atoms with van der Waals surface area (Å²) in [7, 11) is 0. The SMILES string of the molecule is CC(C)Nc1cccnc1N1CCN(C(=O)c2ccc(C(=O)N(C(C)C)C(C)C)cc2)CC1. The Labute approximate surface area is 197 Å². The van der Waals surface area contributed by atoms with Gasteiger partial charge >= 0.3 is 0 Å². The molecule has 2 heterocycles. The zero-order valence-electron chi connectivity index (χ0n) is 20.7. The first kappa shape index (κ1) is 24.6. The quantitative estimate of drug-likeness (QED) is 0.686. The van der Waals surface area contributed by atoms with Gasteiger partial charge in [0, 0.05) is 61.6 Å². The third-order valence-corrected chi connectivity index (χ3v) is 5.82. The van der Waals surface area contributed by atoms with Gasteiger partial charge in [0.15, 0.2) is 5.82 Å². The van der Waals surface area contributed by atoms with E-state index in [0.29, 0.717) is 30.3 Å². The summed E-state index contributed by atoms with van der Waals surface area (Å²) in [4.78, 5) is 36.5. The number of carbonyl (C=O) groups excluding carboxylic acids is 2. The number of rotatable bonds is 7. The first-order valence-corrected chi connectivity index (χ1v) is 11.9. The van der Waals surface area contributed by atoms with Gasteiger partial charge in [-0.15, -0.1) is 0 Å². The van der Waals surface area contributed by atoms with Crippen LogP contribution in [0.5, 0.6) is 0 Å². The Bertz CT molecular complexity index is 939. The number of amides is 2. The molecule has 1 aromatic heterocycles. The third kappa shape index (κ3) is 5.83. The van der Waals surface area contributed by atoms with Gasteiger partial charge in [-0.05, 0) is 77.9 Å². The van der Waals surface area contributed by atoms with Crippen LogP contribution in [0.1, 0.15) is 62.3 Å². The normalized spacial score (nSPS) is 14.2. The van der Waals surface area contributed by atoms with Crippen LogP contribution in [0.15, 0.2) is 42.6 Å². The van der Waals surface area contributed by atoms with E-state index in [9.17, 15) is 9.59 Å². The summed E-state index contributed by atoms with van der Waals surface area (Å²) in [5, 5.41) is 3.45. The molecule has 1 aliphatic rings. The number of pyridine rings is 1. The van der Waals surface area contributed by atoms with Crippen molar-refractivity contribution in [3.63, 3.8) is 0 Å². The van der Waals surface area contributed by atoms with Crippen molar-refractivity contribution in [2.45, 2.75) is 59.7 Å². The number of piperazine rings is 1. The summed E-state index contributed by atoms with van der Waals surface area (Å²) in [5.41, 5.74) is 2.24. The molecule has 0 spiro atoms. The lowest BCUT2D eigenvalue weighted by Crippen LogP contribution is -2.49. The fourth-order valence-corrected chi connectivity index (χ4v) is 4.35. The Morgan fingerprint density at radius 2 is 1.45 bits per heavy atom. The van der Waals surface area contributed by atoms with Gasteiger partial charge < -0.3 is 20.0 Å².